The SMILES string of the molecule is OC(Cc1ccccc1Cl)C1CCOc2ccccc21. The smallest absolute Gasteiger partial charge is 0.122 e. The molecule has 0 aliphatic carbocycles. The molecule has 0 radical (unpaired) electrons. The average molecular weight is 289 g/mol. The third kappa shape index (κ3) is 2.67. The van der Waals surface area contributed by atoms with Gasteiger partial charge in [-0.1, -0.05) is 48.0 Å². The minimum absolute atomic E-state index is 0.108. The molecule has 3 rings (SSSR count). The van der Waals surface area contributed by atoms with E-state index in [0.717, 1.165) is 23.3 Å². The molecule has 0 saturated heterocycles. The van der Waals surface area contributed by atoms with E-state index in [1.165, 1.54) is 0 Å². The van der Waals surface area contributed by atoms with Crippen molar-refractivity contribution in [1.82, 2.24) is 0 Å². The molecule has 0 saturated carbocycles. The maximum Gasteiger partial charge on any atom is 0.122 e. The highest BCUT2D eigenvalue weighted by Gasteiger charge is 2.27. The zero-order valence-corrected chi connectivity index (χ0v) is 11.9. The van der Waals surface area contributed by atoms with E-state index in [0.29, 0.717) is 18.1 Å². The molecule has 20 heavy (non-hydrogen) atoms. The summed E-state index contributed by atoms with van der Waals surface area (Å²) in [6.07, 6.45) is 0.960. The van der Waals surface area contributed by atoms with Gasteiger partial charge in [-0.25, -0.2) is 0 Å². The number of benzene rings is 2. The zero-order chi connectivity index (χ0) is 13.9. The van der Waals surface area contributed by atoms with Gasteiger partial charge in [-0.05, 0) is 29.7 Å². The van der Waals surface area contributed by atoms with Gasteiger partial charge in [0.25, 0.3) is 0 Å². The summed E-state index contributed by atoms with van der Waals surface area (Å²) in [5.41, 5.74) is 2.09. The van der Waals surface area contributed by atoms with Crippen molar-refractivity contribution < 1.29 is 9.84 Å². The fourth-order valence-electron chi connectivity index (χ4n) is 2.80. The molecule has 3 heteroatoms. The molecule has 1 N–H and O–H groups in total. The van der Waals surface area contributed by atoms with Gasteiger partial charge >= 0.3 is 0 Å². The number of halogens is 1. The molecule has 104 valence electrons. The highest BCUT2D eigenvalue weighted by Crippen LogP contribution is 2.36. The number of aliphatic hydroxyl groups excluding tert-OH is 1. The lowest BCUT2D eigenvalue weighted by Crippen LogP contribution is -2.26. The highest BCUT2D eigenvalue weighted by atomic mass is 35.5. The topological polar surface area (TPSA) is 29.5 Å². The van der Waals surface area contributed by atoms with E-state index in [1.807, 2.05) is 48.5 Å². The number of ether oxygens (including phenoxy) is 1. The van der Waals surface area contributed by atoms with Crippen LogP contribution < -0.4 is 4.74 Å². The van der Waals surface area contributed by atoms with Crippen LogP contribution in [0.2, 0.25) is 5.02 Å². The van der Waals surface area contributed by atoms with Gasteiger partial charge in [0, 0.05) is 17.4 Å². The Balaban J connectivity index is 1.82. The number of hydrogen-bond donors (Lipinski definition) is 1. The first-order valence-corrected chi connectivity index (χ1v) is 7.26. The molecule has 2 unspecified atom stereocenters. The molecule has 2 aromatic rings. The Morgan fingerprint density at radius 2 is 1.90 bits per heavy atom. The molecule has 0 spiro atoms. The van der Waals surface area contributed by atoms with Gasteiger partial charge in [0.1, 0.15) is 5.75 Å². The van der Waals surface area contributed by atoms with E-state index in [-0.39, 0.29) is 5.92 Å². The standard InChI is InChI=1S/C17H17ClO2/c18-15-7-3-1-5-12(15)11-16(19)13-9-10-20-17-8-4-2-6-14(13)17/h1-8,13,16,19H,9-11H2. The van der Waals surface area contributed by atoms with Gasteiger partial charge < -0.3 is 9.84 Å². The summed E-state index contributed by atoms with van der Waals surface area (Å²) in [4.78, 5) is 0. The largest absolute Gasteiger partial charge is 0.493 e. The first-order chi connectivity index (χ1) is 9.75. The lowest BCUT2D eigenvalue weighted by molar-refractivity contribution is 0.116. The van der Waals surface area contributed by atoms with Crippen LogP contribution in [0.1, 0.15) is 23.5 Å². The molecule has 2 atom stereocenters. The molecule has 2 nitrogen and oxygen atoms in total. The maximum atomic E-state index is 10.6. The van der Waals surface area contributed by atoms with E-state index in [2.05, 4.69) is 0 Å². The molecule has 1 aliphatic heterocycles. The van der Waals surface area contributed by atoms with Crippen molar-refractivity contribution in [1.29, 1.82) is 0 Å². The third-order valence-corrected chi connectivity index (χ3v) is 4.22. The quantitative estimate of drug-likeness (QED) is 0.931. The fraction of sp³-hybridized carbons (Fsp3) is 0.294. The molecular formula is C17H17ClO2. The van der Waals surface area contributed by atoms with Gasteiger partial charge in [0.15, 0.2) is 0 Å². The van der Waals surface area contributed by atoms with E-state index >= 15 is 0 Å². The molecule has 1 heterocycles. The summed E-state index contributed by atoms with van der Waals surface area (Å²) in [6, 6.07) is 15.6. The maximum absolute atomic E-state index is 10.6. The molecular weight excluding hydrogens is 272 g/mol. The highest BCUT2D eigenvalue weighted by molar-refractivity contribution is 6.31. The predicted octanol–water partition coefficient (Wildman–Crippen LogP) is 3.81. The summed E-state index contributed by atoms with van der Waals surface area (Å²) < 4.78 is 5.64. The van der Waals surface area contributed by atoms with E-state index in [1.54, 1.807) is 0 Å². The zero-order valence-electron chi connectivity index (χ0n) is 11.1. The Morgan fingerprint density at radius 1 is 1.15 bits per heavy atom. The van der Waals surface area contributed by atoms with Crippen LogP contribution in [0.25, 0.3) is 0 Å². The Labute approximate surface area is 124 Å². The fourth-order valence-corrected chi connectivity index (χ4v) is 3.01. The summed E-state index contributed by atoms with van der Waals surface area (Å²) in [6.45, 7) is 0.654. The number of fused-ring (bicyclic) bond motifs is 1. The van der Waals surface area contributed by atoms with Gasteiger partial charge in [0.05, 0.1) is 12.7 Å². The van der Waals surface area contributed by atoms with Crippen molar-refractivity contribution in [3.63, 3.8) is 0 Å². The summed E-state index contributed by atoms with van der Waals surface area (Å²) in [5.74, 6) is 0.998. The van der Waals surface area contributed by atoms with Gasteiger partial charge in [-0.3, -0.25) is 0 Å². The van der Waals surface area contributed by atoms with E-state index in [4.69, 9.17) is 16.3 Å². The van der Waals surface area contributed by atoms with Crippen LogP contribution >= 0.6 is 11.6 Å². The normalized spacial score (nSPS) is 19.0. The van der Waals surface area contributed by atoms with Crippen molar-refractivity contribution in [2.75, 3.05) is 6.61 Å². The minimum atomic E-state index is -0.444. The van der Waals surface area contributed by atoms with Crippen LogP contribution in [-0.4, -0.2) is 17.8 Å². The second-order valence-electron chi connectivity index (χ2n) is 5.14. The minimum Gasteiger partial charge on any atom is -0.493 e. The average Bonchev–Trinajstić information content (AvgIpc) is 2.49. The molecule has 0 fully saturated rings. The first kappa shape index (κ1) is 13.5. The van der Waals surface area contributed by atoms with Gasteiger partial charge in [-0.2, -0.15) is 0 Å². The van der Waals surface area contributed by atoms with Gasteiger partial charge in [0.2, 0.25) is 0 Å². The Kier molecular flexibility index (Phi) is 3.95. The van der Waals surface area contributed by atoms with Crippen LogP contribution in [0.5, 0.6) is 5.75 Å². The van der Waals surface area contributed by atoms with Crippen LogP contribution in [0.15, 0.2) is 48.5 Å². The molecule has 2 aromatic carbocycles. The van der Waals surface area contributed by atoms with E-state index < -0.39 is 6.10 Å². The second-order valence-corrected chi connectivity index (χ2v) is 5.55. The van der Waals surface area contributed by atoms with E-state index in [9.17, 15) is 5.11 Å². The third-order valence-electron chi connectivity index (χ3n) is 3.86. The van der Waals surface area contributed by atoms with Crippen molar-refractivity contribution in [2.45, 2.75) is 24.9 Å². The van der Waals surface area contributed by atoms with Crippen LogP contribution in [-0.2, 0) is 6.42 Å². The van der Waals surface area contributed by atoms with Crippen LogP contribution in [0.3, 0.4) is 0 Å². The van der Waals surface area contributed by atoms with Crippen LogP contribution in [0, 0.1) is 0 Å². The molecule has 0 bridgehead atoms. The predicted molar refractivity (Wildman–Crippen MR) is 80.5 cm³/mol. The Hall–Kier alpha value is -1.51. The van der Waals surface area contributed by atoms with Crippen molar-refractivity contribution in [3.05, 3.63) is 64.7 Å². The molecule has 0 amide bonds. The van der Waals surface area contributed by atoms with Crippen LogP contribution in [0.4, 0.5) is 0 Å². The van der Waals surface area contributed by atoms with Gasteiger partial charge in [-0.15, -0.1) is 0 Å². The molecule has 0 aromatic heterocycles. The monoisotopic (exact) mass is 288 g/mol. The number of aliphatic hydroxyl groups is 1. The summed E-state index contributed by atoms with van der Waals surface area (Å²) >= 11 is 6.17. The lowest BCUT2D eigenvalue weighted by Gasteiger charge is -2.29. The number of rotatable bonds is 3. The lowest BCUT2D eigenvalue weighted by atomic mass is 9.85. The summed E-state index contributed by atoms with van der Waals surface area (Å²) in [5, 5.41) is 11.3. The van der Waals surface area contributed by atoms with Crippen molar-refractivity contribution in [3.8, 4) is 5.75 Å². The Morgan fingerprint density at radius 3 is 2.75 bits per heavy atom. The Bertz CT molecular complexity index is 597. The first-order valence-electron chi connectivity index (χ1n) is 6.89. The van der Waals surface area contributed by atoms with Crippen molar-refractivity contribution in [2.24, 2.45) is 0 Å². The van der Waals surface area contributed by atoms with Crippen molar-refractivity contribution >= 4 is 11.6 Å². The number of para-hydroxylation sites is 1. The number of hydrogen-bond acceptors (Lipinski definition) is 2. The molecule has 1 aliphatic rings. The summed E-state index contributed by atoms with van der Waals surface area (Å²) in [7, 11) is 0. The second kappa shape index (κ2) is 5.86.